The number of nitrogens with one attached hydrogen (secondary N) is 1. The molecule has 0 unspecified atom stereocenters. The van der Waals surface area contributed by atoms with Gasteiger partial charge in [-0.2, -0.15) is 5.48 Å². The van der Waals surface area contributed by atoms with Crippen molar-refractivity contribution in [2.75, 3.05) is 27.4 Å². The summed E-state index contributed by atoms with van der Waals surface area (Å²) in [6, 6.07) is 5.89. The maximum atomic E-state index is 6.02. The molecule has 1 N–H and O–H groups in total. The van der Waals surface area contributed by atoms with E-state index in [0.717, 1.165) is 43.1 Å². The highest BCUT2D eigenvalue weighted by molar-refractivity contribution is 5.46. The number of ether oxygens (including phenoxy) is 3. The lowest BCUT2D eigenvalue weighted by molar-refractivity contribution is 0.0244. The van der Waals surface area contributed by atoms with Crippen LogP contribution in [0.3, 0.4) is 0 Å². The lowest BCUT2D eigenvalue weighted by Gasteiger charge is -2.24. The molecular weight excluding hydrogens is 246 g/mol. The molecule has 0 atom stereocenters. The van der Waals surface area contributed by atoms with Gasteiger partial charge in [0.2, 0.25) is 0 Å². The van der Waals surface area contributed by atoms with Gasteiger partial charge in [0.1, 0.15) is 6.10 Å². The molecule has 1 aromatic rings. The van der Waals surface area contributed by atoms with E-state index in [1.54, 1.807) is 14.2 Å². The highest BCUT2D eigenvalue weighted by atomic mass is 16.6. The molecule has 0 aromatic heterocycles. The number of hydrogen-bond acceptors (Lipinski definition) is 5. The minimum absolute atomic E-state index is 0.202. The molecule has 1 aliphatic rings. The van der Waals surface area contributed by atoms with Crippen molar-refractivity contribution in [3.63, 3.8) is 0 Å². The Morgan fingerprint density at radius 1 is 1.26 bits per heavy atom. The number of para-hydroxylation sites is 1. The Morgan fingerprint density at radius 2 is 2.05 bits per heavy atom. The first-order valence-electron chi connectivity index (χ1n) is 6.51. The highest BCUT2D eigenvalue weighted by Gasteiger charge is 2.18. The van der Waals surface area contributed by atoms with Crippen LogP contribution >= 0.6 is 0 Å². The molecule has 1 aromatic carbocycles. The number of benzene rings is 1. The second-order valence-corrected chi connectivity index (χ2v) is 4.40. The van der Waals surface area contributed by atoms with Gasteiger partial charge < -0.3 is 19.0 Å². The van der Waals surface area contributed by atoms with E-state index >= 15 is 0 Å². The Hall–Kier alpha value is -1.30. The van der Waals surface area contributed by atoms with Gasteiger partial charge in [-0.25, -0.2) is 0 Å². The molecule has 1 aliphatic heterocycles. The quantitative estimate of drug-likeness (QED) is 0.798. The summed E-state index contributed by atoms with van der Waals surface area (Å²) in [5.74, 6) is 1.54. The Balaban J connectivity index is 2.09. The van der Waals surface area contributed by atoms with Gasteiger partial charge in [0.25, 0.3) is 0 Å². The van der Waals surface area contributed by atoms with Gasteiger partial charge in [0, 0.05) is 24.9 Å². The van der Waals surface area contributed by atoms with Crippen LogP contribution in [-0.2, 0) is 16.1 Å². The molecule has 0 amide bonds. The predicted molar refractivity (Wildman–Crippen MR) is 71.3 cm³/mol. The normalized spacial score (nSPS) is 16.3. The Labute approximate surface area is 113 Å². The standard InChI is InChI=1S/C14H21NO4/c1-16-14-11(10-15-17-2)4-3-5-13(14)19-12-6-8-18-9-7-12/h3-5,12,15H,6-10H2,1-2H3. The Morgan fingerprint density at radius 3 is 2.74 bits per heavy atom. The lowest BCUT2D eigenvalue weighted by atomic mass is 10.1. The van der Waals surface area contributed by atoms with Crippen LogP contribution in [0.4, 0.5) is 0 Å². The molecule has 0 radical (unpaired) electrons. The Kier molecular flexibility index (Phi) is 5.44. The van der Waals surface area contributed by atoms with E-state index in [4.69, 9.17) is 19.0 Å². The van der Waals surface area contributed by atoms with Crippen LogP contribution in [0, 0.1) is 0 Å². The van der Waals surface area contributed by atoms with Crippen molar-refractivity contribution in [1.29, 1.82) is 0 Å². The van der Waals surface area contributed by atoms with Gasteiger partial charge in [-0.15, -0.1) is 0 Å². The van der Waals surface area contributed by atoms with Crippen LogP contribution in [0.25, 0.3) is 0 Å². The second kappa shape index (κ2) is 7.33. The summed E-state index contributed by atoms with van der Waals surface area (Å²) in [4.78, 5) is 4.87. The third-order valence-corrected chi connectivity index (χ3v) is 3.13. The van der Waals surface area contributed by atoms with E-state index in [0.29, 0.717) is 6.54 Å². The van der Waals surface area contributed by atoms with Gasteiger partial charge in [0.15, 0.2) is 11.5 Å². The zero-order valence-corrected chi connectivity index (χ0v) is 11.5. The minimum atomic E-state index is 0.202. The Bertz CT molecular complexity index is 391. The smallest absolute Gasteiger partial charge is 0.165 e. The van der Waals surface area contributed by atoms with Crippen molar-refractivity contribution in [2.24, 2.45) is 0 Å². The largest absolute Gasteiger partial charge is 0.493 e. The van der Waals surface area contributed by atoms with Gasteiger partial charge in [-0.05, 0) is 6.07 Å². The molecule has 106 valence electrons. The number of hydroxylamine groups is 1. The highest BCUT2D eigenvalue weighted by Crippen LogP contribution is 2.32. The molecular formula is C14H21NO4. The molecule has 0 saturated carbocycles. The van der Waals surface area contributed by atoms with Crippen LogP contribution < -0.4 is 15.0 Å². The zero-order chi connectivity index (χ0) is 13.5. The third-order valence-electron chi connectivity index (χ3n) is 3.13. The summed E-state index contributed by atoms with van der Waals surface area (Å²) in [5, 5.41) is 0. The summed E-state index contributed by atoms with van der Waals surface area (Å²) < 4.78 is 16.8. The zero-order valence-electron chi connectivity index (χ0n) is 11.5. The summed E-state index contributed by atoms with van der Waals surface area (Å²) >= 11 is 0. The van der Waals surface area contributed by atoms with Crippen molar-refractivity contribution in [2.45, 2.75) is 25.5 Å². The van der Waals surface area contributed by atoms with E-state index < -0.39 is 0 Å². The third kappa shape index (κ3) is 3.83. The van der Waals surface area contributed by atoms with Gasteiger partial charge in [-0.3, -0.25) is 0 Å². The minimum Gasteiger partial charge on any atom is -0.493 e. The molecule has 19 heavy (non-hydrogen) atoms. The fourth-order valence-corrected chi connectivity index (χ4v) is 2.15. The van der Waals surface area contributed by atoms with Crippen LogP contribution in [0.2, 0.25) is 0 Å². The summed E-state index contributed by atoms with van der Waals surface area (Å²) in [6.45, 7) is 2.10. The van der Waals surface area contributed by atoms with Gasteiger partial charge in [-0.1, -0.05) is 12.1 Å². The van der Waals surface area contributed by atoms with E-state index in [1.807, 2.05) is 18.2 Å². The maximum absolute atomic E-state index is 6.02. The van der Waals surface area contributed by atoms with Crippen LogP contribution in [0.15, 0.2) is 18.2 Å². The van der Waals surface area contributed by atoms with Crippen LogP contribution in [0.1, 0.15) is 18.4 Å². The van der Waals surface area contributed by atoms with Crippen LogP contribution in [0.5, 0.6) is 11.5 Å². The molecule has 0 bridgehead atoms. The number of methoxy groups -OCH3 is 1. The second-order valence-electron chi connectivity index (χ2n) is 4.40. The van der Waals surface area contributed by atoms with Crippen molar-refractivity contribution >= 4 is 0 Å². The lowest BCUT2D eigenvalue weighted by Crippen LogP contribution is -2.26. The topological polar surface area (TPSA) is 49.0 Å². The van der Waals surface area contributed by atoms with E-state index in [9.17, 15) is 0 Å². The van der Waals surface area contributed by atoms with E-state index in [2.05, 4.69) is 5.48 Å². The summed E-state index contributed by atoms with van der Waals surface area (Å²) in [7, 11) is 3.25. The van der Waals surface area contributed by atoms with E-state index in [-0.39, 0.29) is 6.10 Å². The number of rotatable bonds is 6. The molecule has 0 spiro atoms. The SMILES string of the molecule is CONCc1cccc(OC2CCOCC2)c1OC. The summed E-state index contributed by atoms with van der Waals surface area (Å²) in [6.07, 6.45) is 2.04. The molecule has 1 saturated heterocycles. The molecule has 1 heterocycles. The van der Waals surface area contributed by atoms with Crippen molar-refractivity contribution in [1.82, 2.24) is 5.48 Å². The molecule has 5 nitrogen and oxygen atoms in total. The van der Waals surface area contributed by atoms with Crippen molar-refractivity contribution < 1.29 is 19.0 Å². The van der Waals surface area contributed by atoms with Gasteiger partial charge in [0.05, 0.1) is 27.4 Å². The fourth-order valence-electron chi connectivity index (χ4n) is 2.15. The van der Waals surface area contributed by atoms with E-state index in [1.165, 1.54) is 0 Å². The fraction of sp³-hybridized carbons (Fsp3) is 0.571. The number of hydrogen-bond donors (Lipinski definition) is 1. The molecule has 5 heteroatoms. The predicted octanol–water partition coefficient (Wildman–Crippen LogP) is 1.90. The van der Waals surface area contributed by atoms with Gasteiger partial charge >= 0.3 is 0 Å². The maximum Gasteiger partial charge on any atom is 0.165 e. The molecule has 0 aliphatic carbocycles. The average Bonchev–Trinajstić information content (AvgIpc) is 2.46. The average molecular weight is 267 g/mol. The monoisotopic (exact) mass is 267 g/mol. The first-order chi connectivity index (χ1) is 9.35. The molecule has 2 rings (SSSR count). The van der Waals surface area contributed by atoms with Crippen molar-refractivity contribution in [3.8, 4) is 11.5 Å². The van der Waals surface area contributed by atoms with Crippen LogP contribution in [-0.4, -0.2) is 33.5 Å². The molecule has 1 fully saturated rings. The first kappa shape index (κ1) is 14.1. The summed E-state index contributed by atoms with van der Waals surface area (Å²) in [5.41, 5.74) is 3.82. The van der Waals surface area contributed by atoms with Crippen molar-refractivity contribution in [3.05, 3.63) is 23.8 Å². The first-order valence-corrected chi connectivity index (χ1v) is 6.51.